The predicted molar refractivity (Wildman–Crippen MR) is 97.4 cm³/mol. The highest BCUT2D eigenvalue weighted by molar-refractivity contribution is 7.80. The average Bonchev–Trinajstić information content (AvgIpc) is 2.63. The summed E-state index contributed by atoms with van der Waals surface area (Å²) in [5.74, 6) is 0.671. The first kappa shape index (κ1) is 18.2. The molecule has 0 aliphatic carbocycles. The van der Waals surface area contributed by atoms with Crippen molar-refractivity contribution in [3.8, 4) is 5.75 Å². The Balaban J connectivity index is 1.51. The van der Waals surface area contributed by atoms with Crippen LogP contribution in [0.15, 0.2) is 48.7 Å². The standard InChI is InChI=1S/C17H17F3N4OS/c18-17(19,20)25-14-6-4-13(5-7-14)22-16(26)24-11-9-23(10-12-24)15-3-1-2-8-21-15/h1-8H,9-12H2,(H,22,26). The van der Waals surface area contributed by atoms with Crippen LogP contribution in [0.1, 0.15) is 0 Å². The van der Waals surface area contributed by atoms with Gasteiger partial charge in [-0.15, -0.1) is 13.2 Å². The molecule has 9 heteroatoms. The van der Waals surface area contributed by atoms with Gasteiger partial charge in [-0.25, -0.2) is 4.98 Å². The number of nitrogens with zero attached hydrogens (tertiary/aromatic N) is 3. The van der Waals surface area contributed by atoms with Gasteiger partial charge in [0.1, 0.15) is 11.6 Å². The van der Waals surface area contributed by atoms with E-state index >= 15 is 0 Å². The number of thiocarbonyl (C=S) groups is 1. The number of nitrogens with one attached hydrogen (secondary N) is 1. The number of pyridine rings is 1. The molecule has 1 aliphatic rings. The molecule has 0 spiro atoms. The molecular formula is C17H17F3N4OS. The number of piperazine rings is 1. The molecule has 3 rings (SSSR count). The van der Waals surface area contributed by atoms with E-state index in [4.69, 9.17) is 12.2 Å². The van der Waals surface area contributed by atoms with Crippen LogP contribution in [-0.2, 0) is 0 Å². The maximum absolute atomic E-state index is 12.2. The van der Waals surface area contributed by atoms with E-state index in [1.165, 1.54) is 24.3 Å². The van der Waals surface area contributed by atoms with Crippen molar-refractivity contribution in [3.63, 3.8) is 0 Å². The fraction of sp³-hybridized carbons (Fsp3) is 0.294. The Morgan fingerprint density at radius 1 is 1.04 bits per heavy atom. The molecule has 26 heavy (non-hydrogen) atoms. The van der Waals surface area contributed by atoms with Gasteiger partial charge in [-0.3, -0.25) is 0 Å². The van der Waals surface area contributed by atoms with Crippen LogP contribution in [0.2, 0.25) is 0 Å². The van der Waals surface area contributed by atoms with Crippen LogP contribution < -0.4 is 15.0 Å². The lowest BCUT2D eigenvalue weighted by Gasteiger charge is -2.36. The molecular weight excluding hydrogens is 365 g/mol. The van der Waals surface area contributed by atoms with Crippen LogP contribution in [-0.4, -0.2) is 47.5 Å². The minimum absolute atomic E-state index is 0.266. The number of anilines is 2. The third-order valence-electron chi connectivity index (χ3n) is 3.88. The van der Waals surface area contributed by atoms with E-state index in [0.717, 1.165) is 32.0 Å². The number of alkyl halides is 3. The van der Waals surface area contributed by atoms with Gasteiger partial charge in [0.15, 0.2) is 5.11 Å². The molecule has 1 aromatic carbocycles. The van der Waals surface area contributed by atoms with E-state index < -0.39 is 6.36 Å². The summed E-state index contributed by atoms with van der Waals surface area (Å²) in [5.41, 5.74) is 0.608. The van der Waals surface area contributed by atoms with Crippen LogP contribution in [0, 0.1) is 0 Å². The summed E-state index contributed by atoms with van der Waals surface area (Å²) < 4.78 is 40.4. The molecule has 0 radical (unpaired) electrons. The van der Waals surface area contributed by atoms with E-state index in [1.54, 1.807) is 6.20 Å². The Morgan fingerprint density at radius 3 is 2.31 bits per heavy atom. The van der Waals surface area contributed by atoms with Gasteiger partial charge in [0.25, 0.3) is 0 Å². The fourth-order valence-electron chi connectivity index (χ4n) is 2.62. The molecule has 138 valence electrons. The third kappa shape index (κ3) is 4.98. The lowest BCUT2D eigenvalue weighted by molar-refractivity contribution is -0.274. The summed E-state index contributed by atoms with van der Waals surface area (Å²) in [5, 5.41) is 3.58. The zero-order valence-electron chi connectivity index (χ0n) is 13.7. The Hall–Kier alpha value is -2.55. The van der Waals surface area contributed by atoms with E-state index in [9.17, 15) is 13.2 Å². The molecule has 0 atom stereocenters. The minimum atomic E-state index is -4.70. The Labute approximate surface area is 154 Å². The molecule has 1 aromatic heterocycles. The smallest absolute Gasteiger partial charge is 0.406 e. The second-order valence-electron chi connectivity index (χ2n) is 5.66. The molecule has 1 aliphatic heterocycles. The number of benzene rings is 1. The van der Waals surface area contributed by atoms with Crippen molar-refractivity contribution in [2.45, 2.75) is 6.36 Å². The number of hydrogen-bond donors (Lipinski definition) is 1. The number of aromatic nitrogens is 1. The second-order valence-corrected chi connectivity index (χ2v) is 6.05. The van der Waals surface area contributed by atoms with E-state index in [2.05, 4.69) is 19.9 Å². The summed E-state index contributed by atoms with van der Waals surface area (Å²) in [6.45, 7) is 3.05. The first-order valence-corrected chi connectivity index (χ1v) is 8.39. The van der Waals surface area contributed by atoms with Gasteiger partial charge in [-0.1, -0.05) is 6.07 Å². The maximum atomic E-state index is 12.2. The second kappa shape index (κ2) is 7.77. The topological polar surface area (TPSA) is 40.6 Å². The first-order valence-electron chi connectivity index (χ1n) is 7.98. The van der Waals surface area contributed by atoms with Crippen molar-refractivity contribution in [1.82, 2.24) is 9.88 Å². The lowest BCUT2D eigenvalue weighted by Crippen LogP contribution is -2.50. The molecule has 2 aromatic rings. The number of rotatable bonds is 3. The zero-order valence-corrected chi connectivity index (χ0v) is 14.6. The molecule has 0 unspecified atom stereocenters. The monoisotopic (exact) mass is 382 g/mol. The van der Waals surface area contributed by atoms with Crippen LogP contribution in [0.25, 0.3) is 0 Å². The van der Waals surface area contributed by atoms with Crippen molar-refractivity contribution in [2.24, 2.45) is 0 Å². The van der Waals surface area contributed by atoms with E-state index in [1.807, 2.05) is 23.1 Å². The van der Waals surface area contributed by atoms with Crippen molar-refractivity contribution < 1.29 is 17.9 Å². The lowest BCUT2D eigenvalue weighted by atomic mass is 10.3. The van der Waals surface area contributed by atoms with Gasteiger partial charge in [-0.2, -0.15) is 0 Å². The predicted octanol–water partition coefficient (Wildman–Crippen LogP) is 3.50. The van der Waals surface area contributed by atoms with Crippen molar-refractivity contribution in [2.75, 3.05) is 36.4 Å². The van der Waals surface area contributed by atoms with Crippen LogP contribution in [0.5, 0.6) is 5.75 Å². The molecule has 1 saturated heterocycles. The zero-order chi connectivity index (χ0) is 18.6. The average molecular weight is 382 g/mol. The summed E-state index contributed by atoms with van der Waals surface area (Å²) in [4.78, 5) is 8.55. The molecule has 0 amide bonds. The van der Waals surface area contributed by atoms with E-state index in [0.29, 0.717) is 10.8 Å². The quantitative estimate of drug-likeness (QED) is 0.820. The molecule has 0 bridgehead atoms. The van der Waals surface area contributed by atoms with Gasteiger partial charge < -0.3 is 19.9 Å². The molecule has 5 nitrogen and oxygen atoms in total. The van der Waals surface area contributed by atoms with Crippen LogP contribution in [0.4, 0.5) is 24.7 Å². The van der Waals surface area contributed by atoms with Crippen molar-refractivity contribution in [3.05, 3.63) is 48.7 Å². The highest BCUT2D eigenvalue weighted by atomic mass is 32.1. The Bertz CT molecular complexity index is 732. The summed E-state index contributed by atoms with van der Waals surface area (Å²) in [6, 6.07) is 11.3. The Morgan fingerprint density at radius 2 is 1.73 bits per heavy atom. The highest BCUT2D eigenvalue weighted by Gasteiger charge is 2.31. The largest absolute Gasteiger partial charge is 0.573 e. The minimum Gasteiger partial charge on any atom is -0.406 e. The number of hydrogen-bond acceptors (Lipinski definition) is 4. The van der Waals surface area contributed by atoms with Crippen molar-refractivity contribution in [1.29, 1.82) is 0 Å². The highest BCUT2D eigenvalue weighted by Crippen LogP contribution is 2.24. The molecule has 1 fully saturated rings. The van der Waals surface area contributed by atoms with E-state index in [-0.39, 0.29) is 5.75 Å². The van der Waals surface area contributed by atoms with Crippen LogP contribution in [0.3, 0.4) is 0 Å². The summed E-state index contributed by atoms with van der Waals surface area (Å²) in [7, 11) is 0. The maximum Gasteiger partial charge on any atom is 0.573 e. The van der Waals surface area contributed by atoms with Gasteiger partial charge in [0, 0.05) is 38.1 Å². The normalized spacial score (nSPS) is 14.9. The SMILES string of the molecule is FC(F)(F)Oc1ccc(NC(=S)N2CCN(c3ccccn3)CC2)cc1. The Kier molecular flexibility index (Phi) is 5.46. The molecule has 2 heterocycles. The molecule has 1 N–H and O–H groups in total. The number of halogens is 3. The third-order valence-corrected chi connectivity index (χ3v) is 4.24. The van der Waals surface area contributed by atoms with Gasteiger partial charge in [0.05, 0.1) is 0 Å². The summed E-state index contributed by atoms with van der Waals surface area (Å²) >= 11 is 5.40. The van der Waals surface area contributed by atoms with Gasteiger partial charge in [0.2, 0.25) is 0 Å². The summed E-state index contributed by atoms with van der Waals surface area (Å²) in [6.07, 6.45) is -2.93. The fourth-order valence-corrected chi connectivity index (χ4v) is 2.92. The first-order chi connectivity index (χ1) is 12.4. The van der Waals surface area contributed by atoms with Gasteiger partial charge in [-0.05, 0) is 48.6 Å². The molecule has 0 saturated carbocycles. The number of ether oxygens (including phenoxy) is 1. The van der Waals surface area contributed by atoms with Crippen molar-refractivity contribution >= 4 is 28.8 Å². The van der Waals surface area contributed by atoms with Crippen LogP contribution >= 0.6 is 12.2 Å². The van der Waals surface area contributed by atoms with Gasteiger partial charge >= 0.3 is 6.36 Å².